The number of nitrogens with zero attached hydrogens (tertiary/aromatic N) is 5. The van der Waals surface area contributed by atoms with Crippen LogP contribution in [0.4, 0.5) is 0 Å². The minimum absolute atomic E-state index is 0.0147. The van der Waals surface area contributed by atoms with Crippen LogP contribution in [-0.4, -0.2) is 36.3 Å². The lowest BCUT2D eigenvalue weighted by Gasteiger charge is -2.16. The summed E-state index contributed by atoms with van der Waals surface area (Å²) >= 11 is 0. The standard InChI is InChI=1S/C20H28N6O2/c1-13(2)7-10-26-20(28)25-9-8-16(5-6-17(25)24-26)23-19(27)15-11-21-18(22-12-15)14-3-4-14/h11-14,16H,3-10H2,1-2H3,(H,23,27). The zero-order valence-corrected chi connectivity index (χ0v) is 16.6. The molecule has 0 bridgehead atoms. The third-order valence-corrected chi connectivity index (χ3v) is 5.55. The summed E-state index contributed by atoms with van der Waals surface area (Å²) in [5, 5.41) is 7.59. The molecule has 1 unspecified atom stereocenters. The molecule has 0 radical (unpaired) electrons. The fraction of sp³-hybridized carbons (Fsp3) is 0.650. The van der Waals surface area contributed by atoms with E-state index in [1.165, 1.54) is 0 Å². The van der Waals surface area contributed by atoms with Crippen LogP contribution in [0, 0.1) is 5.92 Å². The Labute approximate surface area is 164 Å². The van der Waals surface area contributed by atoms with Gasteiger partial charge in [0, 0.05) is 43.9 Å². The molecule has 2 aliphatic rings. The summed E-state index contributed by atoms with van der Waals surface area (Å²) in [6.45, 7) is 5.53. The third-order valence-electron chi connectivity index (χ3n) is 5.55. The molecule has 1 fully saturated rings. The van der Waals surface area contributed by atoms with Crippen LogP contribution in [0.1, 0.15) is 73.9 Å². The summed E-state index contributed by atoms with van der Waals surface area (Å²) in [7, 11) is 0. The van der Waals surface area contributed by atoms with Gasteiger partial charge in [-0.2, -0.15) is 5.10 Å². The van der Waals surface area contributed by atoms with Crippen LogP contribution in [0.2, 0.25) is 0 Å². The van der Waals surface area contributed by atoms with Crippen LogP contribution in [0.5, 0.6) is 0 Å². The maximum Gasteiger partial charge on any atom is 0.345 e. The Kier molecular flexibility index (Phi) is 5.28. The molecule has 0 aromatic carbocycles. The van der Waals surface area contributed by atoms with Gasteiger partial charge in [-0.05, 0) is 38.0 Å². The molecule has 1 N–H and O–H groups in total. The molecular weight excluding hydrogens is 356 g/mol. The van der Waals surface area contributed by atoms with Gasteiger partial charge in [-0.1, -0.05) is 13.8 Å². The lowest BCUT2D eigenvalue weighted by molar-refractivity contribution is 0.0932. The second-order valence-corrected chi connectivity index (χ2v) is 8.36. The number of amides is 1. The number of carbonyl (C=O) groups excluding carboxylic acids is 1. The molecule has 1 saturated carbocycles. The molecule has 28 heavy (non-hydrogen) atoms. The van der Waals surface area contributed by atoms with Crippen LogP contribution in [0.15, 0.2) is 17.2 Å². The Balaban J connectivity index is 1.36. The summed E-state index contributed by atoms with van der Waals surface area (Å²) in [5.41, 5.74) is 0.453. The summed E-state index contributed by atoms with van der Waals surface area (Å²) < 4.78 is 3.35. The molecule has 0 saturated heterocycles. The SMILES string of the molecule is CC(C)CCn1nc2n(c1=O)CCC(NC(=O)c1cnc(C3CC3)nc1)CC2. The van der Waals surface area contributed by atoms with Gasteiger partial charge in [0.1, 0.15) is 11.6 Å². The van der Waals surface area contributed by atoms with Crippen molar-refractivity contribution in [1.82, 2.24) is 29.6 Å². The predicted octanol–water partition coefficient (Wildman–Crippen LogP) is 1.89. The maximum atomic E-state index is 12.6. The van der Waals surface area contributed by atoms with E-state index in [1.54, 1.807) is 21.6 Å². The average molecular weight is 384 g/mol. The van der Waals surface area contributed by atoms with Gasteiger partial charge in [-0.15, -0.1) is 0 Å². The van der Waals surface area contributed by atoms with Gasteiger partial charge < -0.3 is 5.32 Å². The first kappa shape index (κ1) is 18.8. The number of nitrogens with one attached hydrogen (secondary N) is 1. The molecule has 1 aliphatic carbocycles. The molecule has 150 valence electrons. The molecule has 3 heterocycles. The molecule has 1 aliphatic heterocycles. The van der Waals surface area contributed by atoms with E-state index in [0.29, 0.717) is 36.9 Å². The fourth-order valence-corrected chi connectivity index (χ4v) is 3.57. The summed E-state index contributed by atoms with van der Waals surface area (Å²) in [6, 6.07) is 0.0147. The molecular formula is C20H28N6O2. The highest BCUT2D eigenvalue weighted by Crippen LogP contribution is 2.37. The minimum atomic E-state index is -0.152. The van der Waals surface area contributed by atoms with Crippen LogP contribution < -0.4 is 11.0 Å². The lowest BCUT2D eigenvalue weighted by Crippen LogP contribution is -2.36. The number of carbonyl (C=O) groups is 1. The normalized spacial score (nSPS) is 19.3. The first-order valence-corrected chi connectivity index (χ1v) is 10.3. The second kappa shape index (κ2) is 7.85. The van der Waals surface area contributed by atoms with E-state index in [0.717, 1.165) is 43.8 Å². The van der Waals surface area contributed by atoms with Crippen molar-refractivity contribution >= 4 is 5.91 Å². The maximum absolute atomic E-state index is 12.6. The molecule has 1 atom stereocenters. The van der Waals surface area contributed by atoms with Gasteiger partial charge in [0.2, 0.25) is 0 Å². The first-order chi connectivity index (χ1) is 13.5. The van der Waals surface area contributed by atoms with Crippen molar-refractivity contribution < 1.29 is 4.79 Å². The molecule has 8 nitrogen and oxygen atoms in total. The van der Waals surface area contributed by atoms with Gasteiger partial charge in [0.15, 0.2) is 0 Å². The third kappa shape index (κ3) is 4.15. The van der Waals surface area contributed by atoms with E-state index < -0.39 is 0 Å². The van der Waals surface area contributed by atoms with Gasteiger partial charge in [-0.3, -0.25) is 9.36 Å². The van der Waals surface area contributed by atoms with Gasteiger partial charge in [0.05, 0.1) is 5.56 Å². The van der Waals surface area contributed by atoms with Crippen LogP contribution in [0.25, 0.3) is 0 Å². The number of aromatic nitrogens is 5. The molecule has 8 heteroatoms. The van der Waals surface area contributed by atoms with E-state index in [9.17, 15) is 9.59 Å². The predicted molar refractivity (Wildman–Crippen MR) is 104 cm³/mol. The van der Waals surface area contributed by atoms with Crippen molar-refractivity contribution in [3.63, 3.8) is 0 Å². The van der Waals surface area contributed by atoms with E-state index in [2.05, 4.69) is 34.2 Å². The van der Waals surface area contributed by atoms with Gasteiger partial charge in [-0.25, -0.2) is 19.4 Å². The highest BCUT2D eigenvalue weighted by atomic mass is 16.2. The van der Waals surface area contributed by atoms with Gasteiger partial charge in [0.25, 0.3) is 5.91 Å². The van der Waals surface area contributed by atoms with E-state index in [-0.39, 0.29) is 17.6 Å². The highest BCUT2D eigenvalue weighted by Gasteiger charge is 2.27. The zero-order chi connectivity index (χ0) is 19.7. The smallest absolute Gasteiger partial charge is 0.345 e. The van der Waals surface area contributed by atoms with Crippen molar-refractivity contribution in [2.24, 2.45) is 5.92 Å². The Hall–Kier alpha value is -2.51. The number of aryl methyl sites for hydroxylation is 2. The summed E-state index contributed by atoms with van der Waals surface area (Å²) in [4.78, 5) is 33.7. The number of rotatable bonds is 6. The van der Waals surface area contributed by atoms with Crippen molar-refractivity contribution in [3.05, 3.63) is 40.1 Å². The lowest BCUT2D eigenvalue weighted by atomic mass is 10.1. The van der Waals surface area contributed by atoms with Crippen LogP contribution in [0.3, 0.4) is 0 Å². The largest absolute Gasteiger partial charge is 0.349 e. The second-order valence-electron chi connectivity index (χ2n) is 8.36. The van der Waals surface area contributed by atoms with E-state index >= 15 is 0 Å². The molecule has 2 aromatic heterocycles. The topological polar surface area (TPSA) is 94.7 Å². The highest BCUT2D eigenvalue weighted by molar-refractivity contribution is 5.93. The molecule has 2 aromatic rings. The minimum Gasteiger partial charge on any atom is -0.349 e. The summed E-state index contributed by atoms with van der Waals surface area (Å²) in [5.74, 6) is 2.52. The zero-order valence-electron chi connectivity index (χ0n) is 16.6. The Morgan fingerprint density at radius 3 is 2.64 bits per heavy atom. The van der Waals surface area contributed by atoms with Crippen molar-refractivity contribution in [1.29, 1.82) is 0 Å². The quantitative estimate of drug-likeness (QED) is 0.821. The summed E-state index contributed by atoms with van der Waals surface area (Å²) in [6.07, 6.45) is 8.63. The van der Waals surface area contributed by atoms with Crippen molar-refractivity contribution in [3.8, 4) is 0 Å². The number of hydrogen-bond acceptors (Lipinski definition) is 5. The molecule has 0 spiro atoms. The number of fused-ring (bicyclic) bond motifs is 1. The van der Waals surface area contributed by atoms with Gasteiger partial charge >= 0.3 is 5.69 Å². The molecule has 4 rings (SSSR count). The van der Waals surface area contributed by atoms with E-state index in [4.69, 9.17) is 0 Å². The van der Waals surface area contributed by atoms with Crippen LogP contribution >= 0.6 is 0 Å². The monoisotopic (exact) mass is 384 g/mol. The Bertz CT molecular complexity index is 894. The number of hydrogen-bond donors (Lipinski definition) is 1. The Morgan fingerprint density at radius 2 is 1.96 bits per heavy atom. The fourth-order valence-electron chi connectivity index (χ4n) is 3.57. The average Bonchev–Trinajstić information content (AvgIpc) is 3.50. The van der Waals surface area contributed by atoms with Crippen molar-refractivity contribution in [2.75, 3.05) is 0 Å². The van der Waals surface area contributed by atoms with Crippen molar-refractivity contribution in [2.45, 2.75) is 77.4 Å². The van der Waals surface area contributed by atoms with Crippen LogP contribution in [-0.2, 0) is 19.5 Å². The Morgan fingerprint density at radius 1 is 1.21 bits per heavy atom. The molecule has 1 amide bonds. The first-order valence-electron chi connectivity index (χ1n) is 10.3. The van der Waals surface area contributed by atoms with E-state index in [1.807, 2.05) is 0 Å².